The Morgan fingerprint density at radius 2 is 2.06 bits per heavy atom. The van der Waals surface area contributed by atoms with Gasteiger partial charge in [-0.1, -0.05) is 36.8 Å². The van der Waals surface area contributed by atoms with Gasteiger partial charge in [0.25, 0.3) is 0 Å². The third-order valence-electron chi connectivity index (χ3n) is 3.33. The van der Waals surface area contributed by atoms with E-state index in [2.05, 4.69) is 26.0 Å². The number of carbonyl (C=O) groups is 1. The standard InChI is InChI=1S/C14H20N2O/c1-10-3-5-12(6-4-10)13(15)9-16-8-11(2)7-14(16)17/h3-6,11,13H,7-9,15H2,1-2H3. The van der Waals surface area contributed by atoms with E-state index in [1.54, 1.807) is 0 Å². The van der Waals surface area contributed by atoms with Crippen LogP contribution in [0.2, 0.25) is 0 Å². The molecule has 17 heavy (non-hydrogen) atoms. The number of likely N-dealkylation sites (tertiary alicyclic amines) is 1. The lowest BCUT2D eigenvalue weighted by molar-refractivity contribution is -0.127. The summed E-state index contributed by atoms with van der Waals surface area (Å²) in [5.74, 6) is 0.702. The van der Waals surface area contributed by atoms with E-state index in [-0.39, 0.29) is 11.9 Å². The minimum Gasteiger partial charge on any atom is -0.341 e. The third-order valence-corrected chi connectivity index (χ3v) is 3.33. The van der Waals surface area contributed by atoms with E-state index in [4.69, 9.17) is 5.73 Å². The lowest BCUT2D eigenvalue weighted by atomic mass is 10.1. The van der Waals surface area contributed by atoms with Crippen molar-refractivity contribution in [3.8, 4) is 0 Å². The van der Waals surface area contributed by atoms with Crippen LogP contribution in [-0.4, -0.2) is 23.9 Å². The fraction of sp³-hybridized carbons (Fsp3) is 0.500. The molecule has 1 fully saturated rings. The van der Waals surface area contributed by atoms with Gasteiger partial charge in [0.1, 0.15) is 0 Å². The zero-order valence-electron chi connectivity index (χ0n) is 10.5. The number of nitrogens with two attached hydrogens (primary N) is 1. The van der Waals surface area contributed by atoms with Crippen LogP contribution in [0, 0.1) is 12.8 Å². The number of carbonyl (C=O) groups excluding carboxylic acids is 1. The van der Waals surface area contributed by atoms with Crippen LogP contribution in [0.5, 0.6) is 0 Å². The molecule has 1 aliphatic heterocycles. The van der Waals surface area contributed by atoms with Crippen LogP contribution < -0.4 is 5.73 Å². The molecule has 3 nitrogen and oxygen atoms in total. The zero-order chi connectivity index (χ0) is 12.4. The van der Waals surface area contributed by atoms with E-state index >= 15 is 0 Å². The Bertz CT molecular complexity index is 399. The summed E-state index contributed by atoms with van der Waals surface area (Å²) in [6, 6.07) is 8.13. The summed E-state index contributed by atoms with van der Waals surface area (Å²) in [5.41, 5.74) is 8.47. The summed E-state index contributed by atoms with van der Waals surface area (Å²) < 4.78 is 0. The molecule has 1 aliphatic rings. The molecule has 0 spiro atoms. The van der Waals surface area contributed by atoms with Gasteiger partial charge in [0.05, 0.1) is 0 Å². The average Bonchev–Trinajstić information content (AvgIpc) is 2.58. The molecule has 92 valence electrons. The minimum absolute atomic E-state index is 0.0788. The maximum atomic E-state index is 11.7. The van der Waals surface area contributed by atoms with Crippen LogP contribution in [0.3, 0.4) is 0 Å². The third kappa shape index (κ3) is 2.86. The van der Waals surface area contributed by atoms with E-state index in [0.717, 1.165) is 12.1 Å². The van der Waals surface area contributed by atoms with Gasteiger partial charge >= 0.3 is 0 Å². The number of amides is 1. The molecule has 2 atom stereocenters. The summed E-state index contributed by atoms with van der Waals surface area (Å²) in [4.78, 5) is 13.6. The molecular formula is C14H20N2O. The van der Waals surface area contributed by atoms with Crippen molar-refractivity contribution < 1.29 is 4.79 Å². The first-order valence-corrected chi connectivity index (χ1v) is 6.16. The number of benzene rings is 1. The maximum absolute atomic E-state index is 11.7. The van der Waals surface area contributed by atoms with Crippen molar-refractivity contribution >= 4 is 5.91 Å². The minimum atomic E-state index is -0.0788. The predicted octanol–water partition coefficient (Wildman–Crippen LogP) is 1.86. The quantitative estimate of drug-likeness (QED) is 0.864. The topological polar surface area (TPSA) is 46.3 Å². The summed E-state index contributed by atoms with van der Waals surface area (Å²) in [5, 5.41) is 0. The highest BCUT2D eigenvalue weighted by molar-refractivity contribution is 5.78. The van der Waals surface area contributed by atoms with Crippen molar-refractivity contribution in [2.75, 3.05) is 13.1 Å². The summed E-state index contributed by atoms with van der Waals surface area (Å²) >= 11 is 0. The van der Waals surface area contributed by atoms with Crippen molar-refractivity contribution in [1.82, 2.24) is 4.90 Å². The second-order valence-electron chi connectivity index (χ2n) is 5.13. The van der Waals surface area contributed by atoms with Gasteiger partial charge in [-0.25, -0.2) is 0 Å². The van der Waals surface area contributed by atoms with Crippen molar-refractivity contribution in [2.24, 2.45) is 11.7 Å². The molecule has 3 heteroatoms. The van der Waals surface area contributed by atoms with Gasteiger partial charge < -0.3 is 10.6 Å². The first-order chi connectivity index (χ1) is 8.06. The molecule has 1 saturated heterocycles. The normalized spacial score (nSPS) is 21.9. The second-order valence-corrected chi connectivity index (χ2v) is 5.13. The summed E-state index contributed by atoms with van der Waals surface area (Å²) in [6.07, 6.45) is 0.667. The number of aryl methyl sites for hydroxylation is 1. The van der Waals surface area contributed by atoms with Crippen LogP contribution in [-0.2, 0) is 4.79 Å². The van der Waals surface area contributed by atoms with Gasteiger partial charge in [-0.3, -0.25) is 4.79 Å². The monoisotopic (exact) mass is 232 g/mol. The van der Waals surface area contributed by atoms with E-state index in [1.165, 1.54) is 5.56 Å². The van der Waals surface area contributed by atoms with Crippen molar-refractivity contribution in [1.29, 1.82) is 0 Å². The molecule has 0 aliphatic carbocycles. The molecule has 2 unspecified atom stereocenters. The van der Waals surface area contributed by atoms with Crippen LogP contribution in [0.25, 0.3) is 0 Å². The van der Waals surface area contributed by atoms with Crippen LogP contribution in [0.4, 0.5) is 0 Å². The van der Waals surface area contributed by atoms with Gasteiger partial charge in [-0.05, 0) is 18.4 Å². The smallest absolute Gasteiger partial charge is 0.222 e. The first-order valence-electron chi connectivity index (χ1n) is 6.16. The molecule has 0 saturated carbocycles. The Hall–Kier alpha value is -1.35. The van der Waals surface area contributed by atoms with Crippen LogP contribution in [0.1, 0.15) is 30.5 Å². The average molecular weight is 232 g/mol. The predicted molar refractivity (Wildman–Crippen MR) is 68.5 cm³/mol. The molecule has 1 amide bonds. The Morgan fingerprint density at radius 1 is 1.41 bits per heavy atom. The fourth-order valence-corrected chi connectivity index (χ4v) is 2.30. The number of hydrogen-bond donors (Lipinski definition) is 1. The summed E-state index contributed by atoms with van der Waals surface area (Å²) in [7, 11) is 0. The van der Waals surface area contributed by atoms with E-state index < -0.39 is 0 Å². The van der Waals surface area contributed by atoms with Gasteiger partial charge in [-0.15, -0.1) is 0 Å². The lowest BCUT2D eigenvalue weighted by Crippen LogP contribution is -2.33. The highest BCUT2D eigenvalue weighted by Gasteiger charge is 2.27. The molecule has 0 bridgehead atoms. The van der Waals surface area contributed by atoms with Crippen LogP contribution >= 0.6 is 0 Å². The Balaban J connectivity index is 1.99. The maximum Gasteiger partial charge on any atom is 0.222 e. The molecule has 2 rings (SSSR count). The van der Waals surface area contributed by atoms with E-state index in [1.807, 2.05) is 17.0 Å². The molecular weight excluding hydrogens is 212 g/mol. The lowest BCUT2D eigenvalue weighted by Gasteiger charge is -2.21. The summed E-state index contributed by atoms with van der Waals surface area (Å²) in [6.45, 7) is 5.64. The van der Waals surface area contributed by atoms with Crippen molar-refractivity contribution in [3.63, 3.8) is 0 Å². The highest BCUT2D eigenvalue weighted by atomic mass is 16.2. The van der Waals surface area contributed by atoms with Gasteiger partial charge in [0.2, 0.25) is 5.91 Å². The fourth-order valence-electron chi connectivity index (χ4n) is 2.30. The molecule has 0 radical (unpaired) electrons. The molecule has 1 heterocycles. The van der Waals surface area contributed by atoms with Crippen molar-refractivity contribution in [2.45, 2.75) is 26.3 Å². The number of hydrogen-bond acceptors (Lipinski definition) is 2. The van der Waals surface area contributed by atoms with Gasteiger partial charge in [0, 0.05) is 25.6 Å². The van der Waals surface area contributed by atoms with E-state index in [0.29, 0.717) is 18.9 Å². The highest BCUT2D eigenvalue weighted by Crippen LogP contribution is 2.20. The SMILES string of the molecule is Cc1ccc(C(N)CN2CC(C)CC2=O)cc1. The van der Waals surface area contributed by atoms with Gasteiger partial charge in [0.15, 0.2) is 0 Å². The van der Waals surface area contributed by atoms with Gasteiger partial charge in [-0.2, -0.15) is 0 Å². The van der Waals surface area contributed by atoms with Crippen molar-refractivity contribution in [3.05, 3.63) is 35.4 Å². The number of rotatable bonds is 3. The first kappa shape index (κ1) is 12.1. The second kappa shape index (κ2) is 4.88. The van der Waals surface area contributed by atoms with Crippen LogP contribution in [0.15, 0.2) is 24.3 Å². The largest absolute Gasteiger partial charge is 0.341 e. The van der Waals surface area contributed by atoms with E-state index in [9.17, 15) is 4.79 Å². The zero-order valence-corrected chi connectivity index (χ0v) is 10.5. The number of nitrogens with zero attached hydrogens (tertiary/aromatic N) is 1. The molecule has 2 N–H and O–H groups in total. The Kier molecular flexibility index (Phi) is 3.48. The molecule has 1 aromatic rings. The molecule has 1 aromatic carbocycles. The Labute approximate surface area is 103 Å². The molecule has 0 aromatic heterocycles. The Morgan fingerprint density at radius 3 is 2.59 bits per heavy atom.